The number of aromatic nitrogens is 1. The van der Waals surface area contributed by atoms with Crippen molar-refractivity contribution in [1.82, 2.24) is 4.98 Å². The number of nitrogens with zero attached hydrogens (tertiary/aromatic N) is 1. The van der Waals surface area contributed by atoms with Crippen LogP contribution in [0.2, 0.25) is 0 Å². The summed E-state index contributed by atoms with van der Waals surface area (Å²) in [6.07, 6.45) is 4.06. The summed E-state index contributed by atoms with van der Waals surface area (Å²) in [5, 5.41) is 2.81. The molecular weight excluding hydrogens is 254 g/mol. The Bertz CT molecular complexity index is 628. The van der Waals surface area contributed by atoms with Crippen LogP contribution in [0.15, 0.2) is 42.7 Å². The molecule has 1 aliphatic rings. The van der Waals surface area contributed by atoms with Gasteiger partial charge in [-0.1, -0.05) is 6.07 Å². The molecule has 1 aliphatic heterocycles. The van der Waals surface area contributed by atoms with Gasteiger partial charge in [-0.3, -0.25) is 9.78 Å². The van der Waals surface area contributed by atoms with Crippen molar-refractivity contribution in [2.45, 2.75) is 12.5 Å². The number of amides is 1. The van der Waals surface area contributed by atoms with Gasteiger partial charge in [-0.25, -0.2) is 0 Å². The van der Waals surface area contributed by atoms with Crippen LogP contribution < -0.4 is 15.8 Å². The molecule has 2 aromatic rings. The first-order valence-electron chi connectivity index (χ1n) is 6.48. The van der Waals surface area contributed by atoms with Crippen LogP contribution in [0.4, 0.5) is 5.69 Å². The van der Waals surface area contributed by atoms with Gasteiger partial charge in [0.05, 0.1) is 6.61 Å². The zero-order chi connectivity index (χ0) is 13.9. The van der Waals surface area contributed by atoms with Gasteiger partial charge in [0.15, 0.2) is 0 Å². The van der Waals surface area contributed by atoms with E-state index in [1.807, 2.05) is 6.07 Å². The van der Waals surface area contributed by atoms with Crippen LogP contribution in [0.25, 0.3) is 0 Å². The minimum Gasteiger partial charge on any atom is -0.493 e. The lowest BCUT2D eigenvalue weighted by Crippen LogP contribution is -2.21. The third-order valence-electron chi connectivity index (χ3n) is 3.30. The van der Waals surface area contributed by atoms with Gasteiger partial charge in [-0.15, -0.1) is 0 Å². The first kappa shape index (κ1) is 12.6. The van der Waals surface area contributed by atoms with Gasteiger partial charge in [-0.2, -0.15) is 0 Å². The van der Waals surface area contributed by atoms with E-state index in [1.54, 1.807) is 36.7 Å². The molecule has 0 bridgehead atoms. The van der Waals surface area contributed by atoms with Gasteiger partial charge < -0.3 is 15.8 Å². The minimum absolute atomic E-state index is 0.0175. The van der Waals surface area contributed by atoms with E-state index in [4.69, 9.17) is 10.5 Å². The van der Waals surface area contributed by atoms with Gasteiger partial charge in [0, 0.05) is 41.7 Å². The zero-order valence-corrected chi connectivity index (χ0v) is 10.9. The fraction of sp³-hybridized carbons (Fsp3) is 0.200. The van der Waals surface area contributed by atoms with Crippen molar-refractivity contribution in [2.24, 2.45) is 5.73 Å². The highest BCUT2D eigenvalue weighted by molar-refractivity contribution is 6.04. The Morgan fingerprint density at radius 1 is 1.30 bits per heavy atom. The van der Waals surface area contributed by atoms with Gasteiger partial charge in [0.25, 0.3) is 5.91 Å². The maximum atomic E-state index is 12.2. The average Bonchev–Trinajstić information content (AvgIpc) is 2.48. The molecule has 0 radical (unpaired) electrons. The number of nitrogens with one attached hydrogen (secondary N) is 1. The van der Waals surface area contributed by atoms with Crippen LogP contribution in [0, 0.1) is 0 Å². The second-order valence-electron chi connectivity index (χ2n) is 4.69. The number of carbonyl (C=O) groups excluding carboxylic acids is 1. The lowest BCUT2D eigenvalue weighted by Gasteiger charge is -2.23. The third kappa shape index (κ3) is 2.48. The van der Waals surface area contributed by atoms with Gasteiger partial charge in [0.2, 0.25) is 0 Å². The van der Waals surface area contributed by atoms with Crippen LogP contribution >= 0.6 is 0 Å². The summed E-state index contributed by atoms with van der Waals surface area (Å²) < 4.78 is 5.56. The predicted molar refractivity (Wildman–Crippen MR) is 75.7 cm³/mol. The summed E-state index contributed by atoms with van der Waals surface area (Å²) in [6.45, 7) is 0.587. The number of nitrogens with two attached hydrogens (primary N) is 1. The lowest BCUT2D eigenvalue weighted by atomic mass is 9.99. The van der Waals surface area contributed by atoms with Crippen molar-refractivity contribution in [3.8, 4) is 5.75 Å². The van der Waals surface area contributed by atoms with E-state index >= 15 is 0 Å². The number of ether oxygens (including phenoxy) is 1. The highest BCUT2D eigenvalue weighted by atomic mass is 16.5. The molecule has 0 spiro atoms. The molecule has 3 rings (SSSR count). The SMILES string of the molecule is NC1CCOc2cc(C(=O)Nc3ccncc3)ccc21. The molecule has 0 aliphatic carbocycles. The molecule has 20 heavy (non-hydrogen) atoms. The normalized spacial score (nSPS) is 16.9. The average molecular weight is 269 g/mol. The van der Waals surface area contributed by atoms with E-state index in [0.717, 1.165) is 12.0 Å². The Morgan fingerprint density at radius 2 is 2.10 bits per heavy atom. The summed E-state index contributed by atoms with van der Waals surface area (Å²) >= 11 is 0. The topological polar surface area (TPSA) is 77.2 Å². The molecule has 3 N–H and O–H groups in total. The smallest absolute Gasteiger partial charge is 0.255 e. The number of fused-ring (bicyclic) bond motifs is 1. The molecular formula is C15H15N3O2. The monoisotopic (exact) mass is 269 g/mol. The molecule has 1 amide bonds. The van der Waals surface area contributed by atoms with E-state index in [0.29, 0.717) is 23.6 Å². The molecule has 5 nitrogen and oxygen atoms in total. The van der Waals surface area contributed by atoms with Gasteiger partial charge >= 0.3 is 0 Å². The van der Waals surface area contributed by atoms with Gasteiger partial charge in [0.1, 0.15) is 5.75 Å². The quantitative estimate of drug-likeness (QED) is 0.875. The summed E-state index contributed by atoms with van der Waals surface area (Å²) in [5.74, 6) is 0.521. The van der Waals surface area contributed by atoms with E-state index in [2.05, 4.69) is 10.3 Å². The fourth-order valence-electron chi connectivity index (χ4n) is 2.20. The second kappa shape index (κ2) is 5.30. The van der Waals surface area contributed by atoms with Crippen molar-refractivity contribution in [3.63, 3.8) is 0 Å². The third-order valence-corrected chi connectivity index (χ3v) is 3.30. The number of carbonyl (C=O) groups is 1. The van der Waals surface area contributed by atoms with Crippen molar-refractivity contribution >= 4 is 11.6 Å². The molecule has 1 atom stereocenters. The van der Waals surface area contributed by atoms with Crippen LogP contribution in [-0.4, -0.2) is 17.5 Å². The Labute approximate surface area is 116 Å². The highest BCUT2D eigenvalue weighted by Gasteiger charge is 2.19. The summed E-state index contributed by atoms with van der Waals surface area (Å²) in [5.41, 5.74) is 8.22. The van der Waals surface area contributed by atoms with E-state index in [9.17, 15) is 4.79 Å². The Morgan fingerprint density at radius 3 is 2.90 bits per heavy atom. The van der Waals surface area contributed by atoms with Crippen LogP contribution in [0.1, 0.15) is 28.4 Å². The van der Waals surface area contributed by atoms with Crippen LogP contribution in [0.5, 0.6) is 5.75 Å². The van der Waals surface area contributed by atoms with Crippen molar-refractivity contribution in [3.05, 3.63) is 53.9 Å². The summed E-state index contributed by atoms with van der Waals surface area (Å²) in [6, 6.07) is 8.83. The Kier molecular flexibility index (Phi) is 3.35. The van der Waals surface area contributed by atoms with Crippen molar-refractivity contribution < 1.29 is 9.53 Å². The largest absolute Gasteiger partial charge is 0.493 e. The fourth-order valence-corrected chi connectivity index (χ4v) is 2.20. The Hall–Kier alpha value is -2.40. The molecule has 0 saturated heterocycles. The number of pyridine rings is 1. The van der Waals surface area contributed by atoms with E-state index in [1.165, 1.54) is 0 Å². The molecule has 2 heterocycles. The molecule has 0 saturated carbocycles. The van der Waals surface area contributed by atoms with E-state index < -0.39 is 0 Å². The molecule has 102 valence electrons. The Balaban J connectivity index is 1.82. The first-order chi connectivity index (χ1) is 9.74. The van der Waals surface area contributed by atoms with Crippen molar-refractivity contribution in [2.75, 3.05) is 11.9 Å². The van der Waals surface area contributed by atoms with Gasteiger partial charge in [-0.05, 0) is 24.3 Å². The van der Waals surface area contributed by atoms with Crippen LogP contribution in [0.3, 0.4) is 0 Å². The van der Waals surface area contributed by atoms with E-state index in [-0.39, 0.29) is 11.9 Å². The zero-order valence-electron chi connectivity index (χ0n) is 10.9. The van der Waals surface area contributed by atoms with Crippen LogP contribution in [-0.2, 0) is 0 Å². The number of rotatable bonds is 2. The number of hydrogen-bond donors (Lipinski definition) is 2. The number of benzene rings is 1. The minimum atomic E-state index is -0.179. The maximum absolute atomic E-state index is 12.2. The molecule has 0 fully saturated rings. The number of hydrogen-bond acceptors (Lipinski definition) is 4. The molecule has 1 aromatic heterocycles. The molecule has 1 unspecified atom stereocenters. The predicted octanol–water partition coefficient (Wildman–Crippen LogP) is 2.12. The molecule has 5 heteroatoms. The summed E-state index contributed by atoms with van der Waals surface area (Å²) in [4.78, 5) is 16.1. The first-order valence-corrected chi connectivity index (χ1v) is 6.48. The lowest BCUT2D eigenvalue weighted by molar-refractivity contribution is 0.102. The standard InChI is InChI=1S/C15H15N3O2/c16-13-5-8-20-14-9-10(1-2-12(13)14)15(19)18-11-3-6-17-7-4-11/h1-4,6-7,9,13H,5,8,16H2,(H,17,18,19). The van der Waals surface area contributed by atoms with Crippen molar-refractivity contribution in [1.29, 1.82) is 0 Å². The molecule has 1 aromatic carbocycles. The maximum Gasteiger partial charge on any atom is 0.255 e. The number of anilines is 1. The second-order valence-corrected chi connectivity index (χ2v) is 4.69. The highest BCUT2D eigenvalue weighted by Crippen LogP contribution is 2.31. The summed E-state index contributed by atoms with van der Waals surface area (Å²) in [7, 11) is 0.